The van der Waals surface area contributed by atoms with Crippen LogP contribution in [0.4, 0.5) is 5.13 Å². The van der Waals surface area contributed by atoms with Gasteiger partial charge in [-0.1, -0.05) is 55.5 Å². The van der Waals surface area contributed by atoms with Crippen molar-refractivity contribution in [1.82, 2.24) is 4.98 Å². The number of rotatable bonds is 5. The van der Waals surface area contributed by atoms with Crippen LogP contribution >= 0.6 is 22.9 Å². The highest BCUT2D eigenvalue weighted by molar-refractivity contribution is 7.14. The number of aliphatic hydroxyl groups is 1. The van der Waals surface area contributed by atoms with Crippen LogP contribution < -0.4 is 4.90 Å². The van der Waals surface area contributed by atoms with Gasteiger partial charge >= 0.3 is 5.97 Å². The van der Waals surface area contributed by atoms with Crippen molar-refractivity contribution in [2.24, 2.45) is 17.8 Å². The molecule has 6 nitrogen and oxygen atoms in total. The lowest BCUT2D eigenvalue weighted by atomic mass is 9.74. The minimum Gasteiger partial charge on any atom is -0.481 e. The molecule has 1 aliphatic carbocycles. The fraction of sp³-hybridized carbons (Fsp3) is 0.522. The van der Waals surface area contributed by atoms with Crippen LogP contribution in [0.25, 0.3) is 11.3 Å². The number of carboxylic acid groups (broad SMARTS) is 1. The molecule has 2 fully saturated rings. The maximum absolute atomic E-state index is 13.7. The summed E-state index contributed by atoms with van der Waals surface area (Å²) < 4.78 is 0. The first-order chi connectivity index (χ1) is 14.9. The second kappa shape index (κ2) is 9.67. The van der Waals surface area contributed by atoms with Gasteiger partial charge in [-0.15, -0.1) is 11.3 Å². The van der Waals surface area contributed by atoms with Crippen LogP contribution in [0.2, 0.25) is 5.02 Å². The molecule has 2 heterocycles. The minimum absolute atomic E-state index is 0.0217. The lowest BCUT2D eigenvalue weighted by molar-refractivity contribution is -0.142. The molecule has 0 bridgehead atoms. The number of hydrogen-bond acceptors (Lipinski definition) is 5. The van der Waals surface area contributed by atoms with Crippen molar-refractivity contribution in [1.29, 1.82) is 0 Å². The first-order valence-electron chi connectivity index (χ1n) is 10.9. The number of amides is 1. The Hall–Kier alpha value is -1.96. The van der Waals surface area contributed by atoms with E-state index in [0.29, 0.717) is 34.6 Å². The number of carbonyl (C=O) groups excluding carboxylic acids is 1. The van der Waals surface area contributed by atoms with Crippen molar-refractivity contribution >= 4 is 39.9 Å². The second-order valence-electron chi connectivity index (χ2n) is 8.59. The maximum Gasteiger partial charge on any atom is 0.304 e. The number of β-amino-alcohol motifs (C(OH)–C–C–N with tert-alkyl or cyclic N) is 1. The molecule has 3 atom stereocenters. The average molecular weight is 463 g/mol. The molecule has 2 aliphatic rings. The van der Waals surface area contributed by atoms with Gasteiger partial charge in [0.25, 0.3) is 0 Å². The topological polar surface area (TPSA) is 90.7 Å². The smallest absolute Gasteiger partial charge is 0.304 e. The van der Waals surface area contributed by atoms with E-state index in [-0.39, 0.29) is 24.8 Å². The number of nitrogens with zero attached hydrogens (tertiary/aromatic N) is 2. The number of carbonyl (C=O) groups is 2. The predicted molar refractivity (Wildman–Crippen MR) is 121 cm³/mol. The summed E-state index contributed by atoms with van der Waals surface area (Å²) in [5, 5.41) is 23.0. The van der Waals surface area contributed by atoms with Crippen molar-refractivity contribution in [2.75, 3.05) is 11.4 Å². The zero-order chi connectivity index (χ0) is 22.0. The Morgan fingerprint density at radius 1 is 1.19 bits per heavy atom. The molecule has 1 aromatic heterocycles. The Morgan fingerprint density at radius 2 is 1.94 bits per heavy atom. The number of hydrogen-bond donors (Lipinski definition) is 2. The summed E-state index contributed by atoms with van der Waals surface area (Å²) in [6, 6.07) is 7.38. The van der Waals surface area contributed by atoms with Crippen LogP contribution in [0.5, 0.6) is 0 Å². The van der Waals surface area contributed by atoms with Crippen molar-refractivity contribution in [3.63, 3.8) is 0 Å². The Kier molecular flexibility index (Phi) is 6.94. The summed E-state index contributed by atoms with van der Waals surface area (Å²) in [5.41, 5.74) is 1.44. The number of anilines is 1. The first-order valence-corrected chi connectivity index (χ1v) is 12.1. The van der Waals surface area contributed by atoms with Crippen LogP contribution in [0.1, 0.15) is 44.9 Å². The number of aliphatic hydroxyl groups excluding tert-OH is 1. The molecule has 31 heavy (non-hydrogen) atoms. The fourth-order valence-electron chi connectivity index (χ4n) is 5.09. The molecule has 166 valence electrons. The van der Waals surface area contributed by atoms with Crippen molar-refractivity contribution in [2.45, 2.75) is 51.0 Å². The van der Waals surface area contributed by atoms with Crippen LogP contribution in [0.3, 0.4) is 0 Å². The zero-order valence-corrected chi connectivity index (χ0v) is 18.8. The molecule has 1 saturated heterocycles. The third-order valence-electron chi connectivity index (χ3n) is 6.60. The SMILES string of the molecule is O=C(O)C[C@@H]1C(=O)N(c2nc(-c3ccccc3Cl)cs2)C[C@@H](O)CC[C@@H]1C1CCCC1. The van der Waals surface area contributed by atoms with Crippen LogP contribution in [-0.2, 0) is 9.59 Å². The van der Waals surface area contributed by atoms with Gasteiger partial charge in [-0.2, -0.15) is 0 Å². The number of aromatic nitrogens is 1. The highest BCUT2D eigenvalue weighted by atomic mass is 35.5. The van der Waals surface area contributed by atoms with Gasteiger partial charge in [-0.3, -0.25) is 14.5 Å². The molecule has 1 aromatic carbocycles. The second-order valence-corrected chi connectivity index (χ2v) is 9.83. The molecule has 2 aromatic rings. The molecular formula is C23H27ClN2O4S. The fourth-order valence-corrected chi connectivity index (χ4v) is 6.16. The van der Waals surface area contributed by atoms with E-state index in [1.54, 1.807) is 6.07 Å². The average Bonchev–Trinajstić information content (AvgIpc) is 3.43. The molecule has 4 rings (SSSR count). The molecular weight excluding hydrogens is 436 g/mol. The number of halogens is 1. The highest BCUT2D eigenvalue weighted by Gasteiger charge is 2.41. The van der Waals surface area contributed by atoms with Gasteiger partial charge in [-0.05, 0) is 30.7 Å². The standard InChI is InChI=1S/C23H27ClN2O4S/c24-19-8-4-3-7-17(19)20-13-31-23(25-20)26-12-15(27)9-10-16(14-5-1-2-6-14)18(22(26)30)11-21(28)29/h3-4,7-8,13-16,18,27H,1-2,5-6,9-12H2,(H,28,29)/t15-,16+,18-/m0/s1. The van der Waals surface area contributed by atoms with E-state index in [0.717, 1.165) is 31.2 Å². The summed E-state index contributed by atoms with van der Waals surface area (Å²) in [5.74, 6) is -1.47. The van der Waals surface area contributed by atoms with Gasteiger partial charge in [-0.25, -0.2) is 4.98 Å². The van der Waals surface area contributed by atoms with E-state index in [1.165, 1.54) is 16.2 Å². The largest absolute Gasteiger partial charge is 0.481 e. The molecule has 1 aliphatic heterocycles. The van der Waals surface area contributed by atoms with Crippen LogP contribution in [0, 0.1) is 17.8 Å². The molecule has 8 heteroatoms. The summed E-state index contributed by atoms with van der Waals surface area (Å²) in [6.45, 7) is 0.127. The third kappa shape index (κ3) is 4.94. The van der Waals surface area contributed by atoms with E-state index in [9.17, 15) is 19.8 Å². The Bertz CT molecular complexity index is 943. The zero-order valence-electron chi connectivity index (χ0n) is 17.2. The van der Waals surface area contributed by atoms with E-state index in [2.05, 4.69) is 4.98 Å². The van der Waals surface area contributed by atoms with E-state index >= 15 is 0 Å². The van der Waals surface area contributed by atoms with Crippen LogP contribution in [0.15, 0.2) is 29.6 Å². The summed E-state index contributed by atoms with van der Waals surface area (Å²) in [4.78, 5) is 31.5. The van der Waals surface area contributed by atoms with Crippen molar-refractivity contribution in [3.8, 4) is 11.3 Å². The van der Waals surface area contributed by atoms with Gasteiger partial charge in [0.1, 0.15) is 0 Å². The lowest BCUT2D eigenvalue weighted by Crippen LogP contribution is -2.47. The minimum atomic E-state index is -0.960. The molecule has 2 N–H and O–H groups in total. The highest BCUT2D eigenvalue weighted by Crippen LogP contribution is 2.42. The van der Waals surface area contributed by atoms with Gasteiger partial charge in [0.15, 0.2) is 5.13 Å². The summed E-state index contributed by atoms with van der Waals surface area (Å²) in [6.07, 6.45) is 4.69. The van der Waals surface area contributed by atoms with E-state index in [4.69, 9.17) is 11.6 Å². The van der Waals surface area contributed by atoms with Crippen molar-refractivity contribution in [3.05, 3.63) is 34.7 Å². The normalized spacial score (nSPS) is 25.4. The predicted octanol–water partition coefficient (Wildman–Crippen LogP) is 4.85. The summed E-state index contributed by atoms with van der Waals surface area (Å²) in [7, 11) is 0. The van der Waals surface area contributed by atoms with Gasteiger partial charge in [0, 0.05) is 16.0 Å². The Balaban J connectivity index is 1.67. The number of benzene rings is 1. The molecule has 0 unspecified atom stereocenters. The lowest BCUT2D eigenvalue weighted by Gasteiger charge is -2.37. The molecule has 1 saturated carbocycles. The summed E-state index contributed by atoms with van der Waals surface area (Å²) >= 11 is 7.62. The number of aliphatic carboxylic acids is 1. The van der Waals surface area contributed by atoms with E-state index < -0.39 is 18.0 Å². The number of carboxylic acids is 1. The Labute approximate surface area is 190 Å². The van der Waals surface area contributed by atoms with E-state index in [1.807, 2.05) is 23.6 Å². The van der Waals surface area contributed by atoms with Crippen LogP contribution in [-0.4, -0.2) is 39.7 Å². The molecule has 1 amide bonds. The van der Waals surface area contributed by atoms with Gasteiger partial charge in [0.2, 0.25) is 5.91 Å². The van der Waals surface area contributed by atoms with Gasteiger partial charge < -0.3 is 10.2 Å². The third-order valence-corrected chi connectivity index (χ3v) is 7.79. The molecule has 0 radical (unpaired) electrons. The quantitative estimate of drug-likeness (QED) is 0.662. The monoisotopic (exact) mass is 462 g/mol. The van der Waals surface area contributed by atoms with Gasteiger partial charge in [0.05, 0.1) is 30.7 Å². The van der Waals surface area contributed by atoms with Crippen molar-refractivity contribution < 1.29 is 19.8 Å². The molecule has 0 spiro atoms. The first kappa shape index (κ1) is 22.2. The Morgan fingerprint density at radius 3 is 2.65 bits per heavy atom. The maximum atomic E-state index is 13.7. The number of thiazole rings is 1.